The first-order valence-corrected chi connectivity index (χ1v) is 17.3. The summed E-state index contributed by atoms with van der Waals surface area (Å²) in [5, 5.41) is 0. The molecule has 0 amide bonds. The summed E-state index contributed by atoms with van der Waals surface area (Å²) in [6.07, 6.45) is 6.96. The van der Waals surface area contributed by atoms with Gasteiger partial charge in [-0.2, -0.15) is 0 Å². The predicted octanol–water partition coefficient (Wildman–Crippen LogP) is 9.10. The largest absolute Gasteiger partial charge is 0.255 e. The Kier molecular flexibility index (Phi) is 7.54. The SMILES string of the molecule is c1ccc(-c2nc3c(nc2-c2ccccc2)c2nc(-c4ccccn4)c(-c4ccccn4)nc2c2nc(-c4ccccn4)c(-c4ccccn4)nc32)cc1. The van der Waals surface area contributed by atoms with Crippen molar-refractivity contribution in [1.82, 2.24) is 49.8 Å². The van der Waals surface area contributed by atoms with E-state index in [4.69, 9.17) is 39.9 Å². The molecule has 54 heavy (non-hydrogen) atoms. The fourth-order valence-corrected chi connectivity index (χ4v) is 6.62. The van der Waals surface area contributed by atoms with Gasteiger partial charge in [0.25, 0.3) is 0 Å². The van der Waals surface area contributed by atoms with Crippen LogP contribution in [0.1, 0.15) is 0 Å². The van der Waals surface area contributed by atoms with Crippen LogP contribution in [0.15, 0.2) is 158 Å². The number of rotatable bonds is 6. The fraction of sp³-hybridized carbons (Fsp3) is 0. The number of pyridine rings is 4. The fourth-order valence-electron chi connectivity index (χ4n) is 6.62. The van der Waals surface area contributed by atoms with E-state index in [1.807, 2.05) is 133 Å². The number of hydrogen-bond acceptors (Lipinski definition) is 10. The molecule has 0 fully saturated rings. The summed E-state index contributed by atoms with van der Waals surface area (Å²) in [6.45, 7) is 0. The molecule has 0 spiro atoms. The highest BCUT2D eigenvalue weighted by Gasteiger charge is 2.26. The smallest absolute Gasteiger partial charge is 0.120 e. The van der Waals surface area contributed by atoms with E-state index in [1.165, 1.54) is 0 Å². The minimum Gasteiger partial charge on any atom is -0.255 e. The first-order valence-electron chi connectivity index (χ1n) is 17.3. The zero-order chi connectivity index (χ0) is 35.8. The predicted molar refractivity (Wildman–Crippen MR) is 210 cm³/mol. The van der Waals surface area contributed by atoms with Crippen LogP contribution in [0, 0.1) is 0 Å². The summed E-state index contributed by atoms with van der Waals surface area (Å²) in [7, 11) is 0. The van der Waals surface area contributed by atoms with E-state index < -0.39 is 0 Å². The Bertz CT molecular complexity index is 2390. The van der Waals surface area contributed by atoms with Gasteiger partial charge in [-0.15, -0.1) is 0 Å². The summed E-state index contributed by atoms with van der Waals surface area (Å²) in [4.78, 5) is 51.0. The van der Waals surface area contributed by atoms with Gasteiger partial charge in [0, 0.05) is 35.9 Å². The van der Waals surface area contributed by atoms with Crippen molar-refractivity contribution in [3.63, 3.8) is 0 Å². The van der Waals surface area contributed by atoms with Crippen LogP contribution in [-0.4, -0.2) is 49.8 Å². The van der Waals surface area contributed by atoms with Crippen LogP contribution in [0.25, 0.3) is 101 Å². The Hall–Kier alpha value is -7.72. The van der Waals surface area contributed by atoms with Gasteiger partial charge >= 0.3 is 0 Å². The van der Waals surface area contributed by atoms with Crippen LogP contribution in [0.2, 0.25) is 0 Å². The van der Waals surface area contributed by atoms with Crippen molar-refractivity contribution in [2.75, 3.05) is 0 Å². The Morgan fingerprint density at radius 1 is 0.222 bits per heavy atom. The lowest BCUT2D eigenvalue weighted by Crippen LogP contribution is -2.05. The van der Waals surface area contributed by atoms with Crippen molar-refractivity contribution in [3.05, 3.63) is 158 Å². The van der Waals surface area contributed by atoms with E-state index in [2.05, 4.69) is 9.97 Å². The van der Waals surface area contributed by atoms with Crippen LogP contribution in [0.5, 0.6) is 0 Å². The molecule has 7 aromatic heterocycles. The molecule has 10 nitrogen and oxygen atoms in total. The molecule has 10 rings (SSSR count). The minimum absolute atomic E-state index is 0.496. The number of nitrogens with zero attached hydrogens (tertiary/aromatic N) is 10. The summed E-state index contributed by atoms with van der Waals surface area (Å²) in [5.74, 6) is 0. The number of benzene rings is 3. The number of hydrogen-bond donors (Lipinski definition) is 0. The Labute approximate surface area is 308 Å². The molecule has 10 heteroatoms. The van der Waals surface area contributed by atoms with E-state index in [0.29, 0.717) is 90.0 Å². The molecule has 0 saturated carbocycles. The third-order valence-corrected chi connectivity index (χ3v) is 9.08. The minimum atomic E-state index is 0.496. The van der Waals surface area contributed by atoms with Crippen molar-refractivity contribution in [1.29, 1.82) is 0 Å². The van der Waals surface area contributed by atoms with Gasteiger partial charge in [0.2, 0.25) is 0 Å². The van der Waals surface area contributed by atoms with Crippen molar-refractivity contribution in [3.8, 4) is 68.1 Å². The second-order valence-electron chi connectivity index (χ2n) is 12.4. The molecule has 0 aliphatic rings. The number of aromatic nitrogens is 10. The summed E-state index contributed by atoms with van der Waals surface area (Å²) in [6, 6.07) is 43.0. The van der Waals surface area contributed by atoms with Crippen molar-refractivity contribution in [2.24, 2.45) is 0 Å². The molecule has 7 heterocycles. The molecule has 0 aliphatic heterocycles. The monoisotopic (exact) mass is 694 g/mol. The molecule has 0 bridgehead atoms. The maximum atomic E-state index is 5.42. The first kappa shape index (κ1) is 31.1. The van der Waals surface area contributed by atoms with Gasteiger partial charge in [-0.25, -0.2) is 29.9 Å². The summed E-state index contributed by atoms with van der Waals surface area (Å²) >= 11 is 0. The molecule has 0 atom stereocenters. The van der Waals surface area contributed by atoms with Gasteiger partial charge in [-0.3, -0.25) is 19.9 Å². The van der Waals surface area contributed by atoms with Crippen molar-refractivity contribution in [2.45, 2.75) is 0 Å². The normalized spacial score (nSPS) is 11.3. The standard InChI is InChI=1S/C44H26N10/c1-3-15-27(16-4-1)33-34(28-17-5-2-6-18-28)50-40-39(49-33)41-43(53-37(31-21-9-13-25-47-31)35(51-41)29-19-7-11-23-45-29)44-42(40)52-36(30-20-8-12-24-46-30)38(54-44)32-22-10-14-26-48-32/h1-26H. The van der Waals surface area contributed by atoms with Gasteiger partial charge in [0.05, 0.1) is 34.2 Å². The Balaban J connectivity index is 1.42. The van der Waals surface area contributed by atoms with Crippen LogP contribution in [-0.2, 0) is 0 Å². The number of fused-ring (bicyclic) bond motifs is 6. The molecule has 0 unspecified atom stereocenters. The van der Waals surface area contributed by atoms with Gasteiger partial charge in [-0.1, -0.05) is 84.9 Å². The highest BCUT2D eigenvalue weighted by molar-refractivity contribution is 6.20. The van der Waals surface area contributed by atoms with Crippen molar-refractivity contribution >= 4 is 33.1 Å². The van der Waals surface area contributed by atoms with Crippen molar-refractivity contribution < 1.29 is 0 Å². The summed E-state index contributed by atoms with van der Waals surface area (Å²) in [5.41, 5.74) is 11.1. The van der Waals surface area contributed by atoms with Crippen LogP contribution < -0.4 is 0 Å². The van der Waals surface area contributed by atoms with E-state index >= 15 is 0 Å². The topological polar surface area (TPSA) is 129 Å². The lowest BCUT2D eigenvalue weighted by Gasteiger charge is -2.16. The lowest BCUT2D eigenvalue weighted by molar-refractivity contribution is 1.19. The molecule has 0 aliphatic carbocycles. The molecule has 3 aromatic carbocycles. The third kappa shape index (κ3) is 5.37. The summed E-state index contributed by atoms with van der Waals surface area (Å²) < 4.78 is 0. The maximum absolute atomic E-state index is 5.42. The molecular weight excluding hydrogens is 669 g/mol. The highest BCUT2D eigenvalue weighted by atomic mass is 15.0. The van der Waals surface area contributed by atoms with E-state index in [-0.39, 0.29) is 0 Å². The average Bonchev–Trinajstić information content (AvgIpc) is 3.27. The van der Waals surface area contributed by atoms with Gasteiger partial charge in [0.15, 0.2) is 0 Å². The van der Waals surface area contributed by atoms with Crippen LogP contribution >= 0.6 is 0 Å². The van der Waals surface area contributed by atoms with E-state index in [9.17, 15) is 0 Å². The lowest BCUT2D eigenvalue weighted by atomic mass is 10.0. The zero-order valence-electron chi connectivity index (χ0n) is 28.5. The molecule has 252 valence electrons. The molecule has 10 aromatic rings. The van der Waals surface area contributed by atoms with Gasteiger partial charge in [0.1, 0.15) is 55.9 Å². The second-order valence-corrected chi connectivity index (χ2v) is 12.4. The molecule has 0 saturated heterocycles. The second kappa shape index (κ2) is 13.1. The average molecular weight is 695 g/mol. The Morgan fingerprint density at radius 3 is 0.704 bits per heavy atom. The maximum Gasteiger partial charge on any atom is 0.120 e. The van der Waals surface area contributed by atoms with E-state index in [1.54, 1.807) is 24.8 Å². The third-order valence-electron chi connectivity index (χ3n) is 9.08. The van der Waals surface area contributed by atoms with Gasteiger partial charge in [-0.05, 0) is 48.5 Å². The molecule has 0 N–H and O–H groups in total. The van der Waals surface area contributed by atoms with Gasteiger partial charge < -0.3 is 0 Å². The zero-order valence-corrected chi connectivity index (χ0v) is 28.5. The first-order chi connectivity index (χ1) is 26.8. The van der Waals surface area contributed by atoms with Crippen LogP contribution in [0.4, 0.5) is 0 Å². The molecular formula is C44H26N10. The highest BCUT2D eigenvalue weighted by Crippen LogP contribution is 2.40. The van der Waals surface area contributed by atoms with Crippen LogP contribution in [0.3, 0.4) is 0 Å². The Morgan fingerprint density at radius 2 is 0.463 bits per heavy atom. The van der Waals surface area contributed by atoms with E-state index in [0.717, 1.165) is 11.1 Å². The quantitative estimate of drug-likeness (QED) is 0.155. The molecule has 0 radical (unpaired) electrons.